The van der Waals surface area contributed by atoms with E-state index in [9.17, 15) is 14.7 Å². The average molecular weight is 297 g/mol. The number of urea groups is 1. The highest BCUT2D eigenvalue weighted by atomic mass is 16.4. The molecule has 2 aliphatic rings. The molecule has 2 aliphatic heterocycles. The van der Waals surface area contributed by atoms with Gasteiger partial charge in [0.1, 0.15) is 5.54 Å². The minimum atomic E-state index is -1.05. The van der Waals surface area contributed by atoms with Crippen LogP contribution in [0.1, 0.15) is 39.5 Å². The summed E-state index contributed by atoms with van der Waals surface area (Å²) in [6.07, 6.45) is 3.81. The van der Waals surface area contributed by atoms with Crippen LogP contribution in [0.4, 0.5) is 4.79 Å². The molecule has 2 unspecified atom stereocenters. The zero-order valence-electron chi connectivity index (χ0n) is 13.1. The van der Waals surface area contributed by atoms with Crippen LogP contribution < -0.4 is 5.32 Å². The Morgan fingerprint density at radius 2 is 1.90 bits per heavy atom. The van der Waals surface area contributed by atoms with Gasteiger partial charge in [0.25, 0.3) is 0 Å². The van der Waals surface area contributed by atoms with Crippen LogP contribution in [-0.4, -0.2) is 65.2 Å². The average Bonchev–Trinajstić information content (AvgIpc) is 3.06. The highest BCUT2D eigenvalue weighted by Crippen LogP contribution is 2.29. The topological polar surface area (TPSA) is 72.9 Å². The van der Waals surface area contributed by atoms with E-state index >= 15 is 0 Å². The van der Waals surface area contributed by atoms with Crippen molar-refractivity contribution in [1.82, 2.24) is 15.1 Å². The van der Waals surface area contributed by atoms with Crippen molar-refractivity contribution >= 4 is 12.0 Å². The number of carboxylic acids is 1. The first kappa shape index (κ1) is 16.1. The minimum absolute atomic E-state index is 0.245. The van der Waals surface area contributed by atoms with Gasteiger partial charge < -0.3 is 20.2 Å². The highest BCUT2D eigenvalue weighted by Gasteiger charge is 2.45. The molecule has 0 aromatic heterocycles. The van der Waals surface area contributed by atoms with Crippen LogP contribution in [-0.2, 0) is 4.79 Å². The fourth-order valence-electron chi connectivity index (χ4n) is 3.34. The number of rotatable bonds is 5. The van der Waals surface area contributed by atoms with Crippen LogP contribution in [0.15, 0.2) is 0 Å². The number of carboxylic acid groups (broad SMARTS) is 1. The van der Waals surface area contributed by atoms with Crippen molar-refractivity contribution in [2.75, 3.05) is 32.7 Å². The summed E-state index contributed by atoms with van der Waals surface area (Å²) in [5.41, 5.74) is -1.05. The molecule has 0 bridgehead atoms. The maximum Gasteiger partial charge on any atom is 0.329 e. The molecule has 2 fully saturated rings. The number of amides is 2. The van der Waals surface area contributed by atoms with E-state index in [1.54, 1.807) is 6.92 Å². The van der Waals surface area contributed by atoms with Crippen molar-refractivity contribution in [2.45, 2.75) is 45.1 Å². The van der Waals surface area contributed by atoms with Crippen LogP contribution >= 0.6 is 0 Å². The first-order valence-corrected chi connectivity index (χ1v) is 7.94. The first-order chi connectivity index (χ1) is 9.93. The second-order valence-corrected chi connectivity index (χ2v) is 6.63. The summed E-state index contributed by atoms with van der Waals surface area (Å²) in [6.45, 7) is 8.19. The standard InChI is InChI=1S/C15H27N3O3/c1-12(11-17-7-3-4-8-17)10-16-14(21)18-9-5-6-15(18,2)13(19)20/h12H,3-11H2,1-2H3,(H,16,21)(H,19,20). The van der Waals surface area contributed by atoms with E-state index in [1.807, 2.05) is 0 Å². The summed E-state index contributed by atoms with van der Waals surface area (Å²) >= 11 is 0. The monoisotopic (exact) mass is 297 g/mol. The van der Waals surface area contributed by atoms with Gasteiger partial charge in [0.05, 0.1) is 0 Å². The molecule has 0 aliphatic carbocycles. The van der Waals surface area contributed by atoms with E-state index in [1.165, 1.54) is 17.7 Å². The van der Waals surface area contributed by atoms with Crippen LogP contribution in [0.5, 0.6) is 0 Å². The zero-order chi connectivity index (χ0) is 15.5. The molecule has 0 spiro atoms. The summed E-state index contributed by atoms with van der Waals surface area (Å²) in [7, 11) is 0. The second-order valence-electron chi connectivity index (χ2n) is 6.63. The third-order valence-electron chi connectivity index (χ3n) is 4.72. The number of aliphatic carboxylic acids is 1. The Labute approximate surface area is 126 Å². The maximum atomic E-state index is 12.2. The second kappa shape index (κ2) is 6.64. The molecular formula is C15H27N3O3. The number of nitrogens with zero attached hydrogens (tertiary/aromatic N) is 2. The van der Waals surface area contributed by atoms with Gasteiger partial charge in [0.15, 0.2) is 0 Å². The van der Waals surface area contributed by atoms with Crippen LogP contribution in [0.25, 0.3) is 0 Å². The summed E-state index contributed by atoms with van der Waals surface area (Å²) < 4.78 is 0. The molecule has 2 N–H and O–H groups in total. The Kier molecular flexibility index (Phi) is 5.08. The number of hydrogen-bond acceptors (Lipinski definition) is 3. The highest BCUT2D eigenvalue weighted by molar-refractivity contribution is 5.86. The summed E-state index contributed by atoms with van der Waals surface area (Å²) in [4.78, 5) is 27.5. The Morgan fingerprint density at radius 3 is 2.52 bits per heavy atom. The predicted octanol–water partition coefficient (Wildman–Crippen LogP) is 1.37. The number of hydrogen-bond donors (Lipinski definition) is 2. The molecule has 2 heterocycles. The predicted molar refractivity (Wildman–Crippen MR) is 80.2 cm³/mol. The summed E-state index contributed by atoms with van der Waals surface area (Å²) in [5, 5.41) is 12.2. The fourth-order valence-corrected chi connectivity index (χ4v) is 3.34. The van der Waals surface area contributed by atoms with Crippen LogP contribution in [0.2, 0.25) is 0 Å². The molecule has 21 heavy (non-hydrogen) atoms. The van der Waals surface area contributed by atoms with Gasteiger partial charge in [-0.05, 0) is 51.6 Å². The van der Waals surface area contributed by atoms with Gasteiger partial charge in [-0.1, -0.05) is 6.92 Å². The third-order valence-corrected chi connectivity index (χ3v) is 4.72. The summed E-state index contributed by atoms with van der Waals surface area (Å²) in [5.74, 6) is -0.536. The minimum Gasteiger partial charge on any atom is -0.480 e. The van der Waals surface area contributed by atoms with E-state index < -0.39 is 11.5 Å². The zero-order valence-corrected chi connectivity index (χ0v) is 13.1. The maximum absolute atomic E-state index is 12.2. The van der Waals surface area contributed by atoms with E-state index in [2.05, 4.69) is 17.1 Å². The number of carbonyl (C=O) groups is 2. The number of carbonyl (C=O) groups excluding carboxylic acids is 1. The lowest BCUT2D eigenvalue weighted by Crippen LogP contribution is -2.54. The molecule has 2 saturated heterocycles. The number of likely N-dealkylation sites (tertiary alicyclic amines) is 2. The molecule has 2 rings (SSSR count). The van der Waals surface area contributed by atoms with Gasteiger partial charge in [-0.2, -0.15) is 0 Å². The van der Waals surface area contributed by atoms with Gasteiger partial charge in [-0.3, -0.25) is 0 Å². The van der Waals surface area contributed by atoms with Gasteiger partial charge in [0.2, 0.25) is 0 Å². The molecular weight excluding hydrogens is 270 g/mol. The molecule has 0 aromatic rings. The Hall–Kier alpha value is -1.30. The fraction of sp³-hybridized carbons (Fsp3) is 0.867. The summed E-state index contributed by atoms with van der Waals surface area (Å²) in [6, 6.07) is -0.245. The largest absolute Gasteiger partial charge is 0.480 e. The Bertz CT molecular complexity index is 396. The molecule has 120 valence electrons. The van der Waals surface area contributed by atoms with Crippen LogP contribution in [0, 0.1) is 5.92 Å². The lowest BCUT2D eigenvalue weighted by molar-refractivity contribution is -0.147. The molecule has 0 aromatic carbocycles. The van der Waals surface area contributed by atoms with E-state index in [-0.39, 0.29) is 6.03 Å². The van der Waals surface area contributed by atoms with E-state index in [0.717, 1.165) is 26.1 Å². The van der Waals surface area contributed by atoms with Crippen molar-refractivity contribution in [3.8, 4) is 0 Å². The molecule has 0 radical (unpaired) electrons. The van der Waals surface area contributed by atoms with Gasteiger partial charge in [-0.15, -0.1) is 0 Å². The molecule has 2 atom stereocenters. The lowest BCUT2D eigenvalue weighted by atomic mass is 10.00. The number of nitrogens with one attached hydrogen (secondary N) is 1. The van der Waals surface area contributed by atoms with Crippen molar-refractivity contribution < 1.29 is 14.7 Å². The van der Waals surface area contributed by atoms with Crippen molar-refractivity contribution in [3.63, 3.8) is 0 Å². The SMILES string of the molecule is CC(CNC(=O)N1CCCC1(C)C(=O)O)CN1CCCC1. The molecule has 6 nitrogen and oxygen atoms in total. The Balaban J connectivity index is 1.79. The van der Waals surface area contributed by atoms with Crippen molar-refractivity contribution in [1.29, 1.82) is 0 Å². The van der Waals surface area contributed by atoms with E-state index in [0.29, 0.717) is 25.4 Å². The lowest BCUT2D eigenvalue weighted by Gasteiger charge is -2.31. The van der Waals surface area contributed by atoms with Crippen LogP contribution in [0.3, 0.4) is 0 Å². The molecule has 6 heteroatoms. The van der Waals surface area contributed by atoms with Gasteiger partial charge in [0, 0.05) is 19.6 Å². The van der Waals surface area contributed by atoms with Gasteiger partial charge >= 0.3 is 12.0 Å². The molecule has 2 amide bonds. The van der Waals surface area contributed by atoms with Gasteiger partial charge in [-0.25, -0.2) is 9.59 Å². The normalized spacial score (nSPS) is 27.8. The third kappa shape index (κ3) is 3.67. The molecule has 0 saturated carbocycles. The van der Waals surface area contributed by atoms with E-state index in [4.69, 9.17) is 0 Å². The quantitative estimate of drug-likeness (QED) is 0.804. The van der Waals surface area contributed by atoms with Crippen molar-refractivity contribution in [2.24, 2.45) is 5.92 Å². The smallest absolute Gasteiger partial charge is 0.329 e. The first-order valence-electron chi connectivity index (χ1n) is 7.94. The van der Waals surface area contributed by atoms with Crippen molar-refractivity contribution in [3.05, 3.63) is 0 Å². The Morgan fingerprint density at radius 1 is 1.24 bits per heavy atom.